The normalized spacial score (nSPS) is 10.8. The molecule has 4 aromatic rings. The number of aromatic nitrogens is 2. The van der Waals surface area contributed by atoms with E-state index in [-0.39, 0.29) is 5.82 Å². The summed E-state index contributed by atoms with van der Waals surface area (Å²) < 4.78 is 14.7. The number of nitriles is 1. The molecule has 0 saturated heterocycles. The fraction of sp³-hybridized carbons (Fsp3) is 0.0909. The SMILES string of the molecule is N#Cc1c(Cc2cccc3ccccc23)nn(Cc2ccc(F)cc2)c1N. The van der Waals surface area contributed by atoms with E-state index in [2.05, 4.69) is 29.4 Å². The predicted molar refractivity (Wildman–Crippen MR) is 104 cm³/mol. The maximum atomic E-state index is 13.1. The summed E-state index contributed by atoms with van der Waals surface area (Å²) in [4.78, 5) is 0. The molecule has 0 unspecified atom stereocenters. The van der Waals surface area contributed by atoms with Crippen LogP contribution in [0.2, 0.25) is 0 Å². The fourth-order valence-electron chi connectivity index (χ4n) is 3.28. The van der Waals surface area contributed by atoms with Crippen molar-refractivity contribution < 1.29 is 4.39 Å². The van der Waals surface area contributed by atoms with Gasteiger partial charge in [-0.05, 0) is 34.0 Å². The molecule has 1 heterocycles. The lowest BCUT2D eigenvalue weighted by Crippen LogP contribution is -2.06. The number of anilines is 1. The average Bonchev–Trinajstić information content (AvgIpc) is 2.98. The molecule has 132 valence electrons. The Kier molecular flexibility index (Phi) is 4.31. The highest BCUT2D eigenvalue weighted by Gasteiger charge is 2.17. The van der Waals surface area contributed by atoms with Crippen LogP contribution in [-0.4, -0.2) is 9.78 Å². The van der Waals surface area contributed by atoms with Crippen LogP contribution >= 0.6 is 0 Å². The van der Waals surface area contributed by atoms with Crippen LogP contribution in [0.3, 0.4) is 0 Å². The summed E-state index contributed by atoms with van der Waals surface area (Å²) in [6.45, 7) is 0.385. The summed E-state index contributed by atoms with van der Waals surface area (Å²) in [6.07, 6.45) is 0.519. The summed E-state index contributed by atoms with van der Waals surface area (Å²) in [7, 11) is 0. The molecule has 0 bridgehead atoms. The van der Waals surface area contributed by atoms with E-state index >= 15 is 0 Å². The summed E-state index contributed by atoms with van der Waals surface area (Å²) in [5, 5.41) is 16.4. The van der Waals surface area contributed by atoms with Gasteiger partial charge < -0.3 is 5.73 Å². The van der Waals surface area contributed by atoms with Gasteiger partial charge in [0.05, 0.1) is 12.2 Å². The van der Waals surface area contributed by atoms with Crippen molar-refractivity contribution in [1.29, 1.82) is 5.26 Å². The molecule has 4 nitrogen and oxygen atoms in total. The molecule has 0 spiro atoms. The second kappa shape index (κ2) is 6.93. The van der Waals surface area contributed by atoms with Gasteiger partial charge in [-0.2, -0.15) is 10.4 Å². The van der Waals surface area contributed by atoms with Crippen molar-refractivity contribution in [2.75, 3.05) is 5.73 Å². The maximum Gasteiger partial charge on any atom is 0.140 e. The van der Waals surface area contributed by atoms with Crippen LogP contribution in [0.5, 0.6) is 0 Å². The minimum absolute atomic E-state index is 0.290. The molecule has 1 aromatic heterocycles. The van der Waals surface area contributed by atoms with Crippen molar-refractivity contribution in [3.8, 4) is 6.07 Å². The Labute approximate surface area is 156 Å². The molecule has 4 rings (SSSR count). The number of hydrogen-bond acceptors (Lipinski definition) is 3. The van der Waals surface area contributed by atoms with E-state index in [1.54, 1.807) is 16.8 Å². The molecule has 3 aromatic carbocycles. The zero-order chi connectivity index (χ0) is 18.8. The van der Waals surface area contributed by atoms with Crippen LogP contribution in [0, 0.1) is 17.1 Å². The number of benzene rings is 3. The highest BCUT2D eigenvalue weighted by atomic mass is 19.1. The van der Waals surface area contributed by atoms with Gasteiger partial charge in [0.25, 0.3) is 0 Å². The molecule has 0 atom stereocenters. The van der Waals surface area contributed by atoms with E-state index in [1.165, 1.54) is 12.1 Å². The molecule has 27 heavy (non-hydrogen) atoms. The smallest absolute Gasteiger partial charge is 0.140 e. The van der Waals surface area contributed by atoms with Crippen LogP contribution < -0.4 is 5.73 Å². The number of fused-ring (bicyclic) bond motifs is 1. The van der Waals surface area contributed by atoms with Crippen LogP contribution in [0.15, 0.2) is 66.7 Å². The number of halogens is 1. The van der Waals surface area contributed by atoms with Gasteiger partial charge >= 0.3 is 0 Å². The first-order chi connectivity index (χ1) is 13.2. The van der Waals surface area contributed by atoms with E-state index in [0.717, 1.165) is 21.9 Å². The van der Waals surface area contributed by atoms with E-state index in [0.29, 0.717) is 30.0 Å². The van der Waals surface area contributed by atoms with Gasteiger partial charge in [0.1, 0.15) is 23.3 Å². The Morgan fingerprint density at radius 2 is 1.74 bits per heavy atom. The second-order valence-electron chi connectivity index (χ2n) is 6.42. The highest BCUT2D eigenvalue weighted by Crippen LogP contribution is 2.25. The van der Waals surface area contributed by atoms with Crippen molar-refractivity contribution in [3.63, 3.8) is 0 Å². The Bertz CT molecular complexity index is 1150. The number of nitrogens with two attached hydrogens (primary N) is 1. The van der Waals surface area contributed by atoms with E-state index in [1.807, 2.05) is 24.3 Å². The first-order valence-corrected chi connectivity index (χ1v) is 8.62. The Morgan fingerprint density at radius 1 is 1.00 bits per heavy atom. The summed E-state index contributed by atoms with van der Waals surface area (Å²) in [5.41, 5.74) is 9.16. The molecule has 0 radical (unpaired) electrons. The van der Waals surface area contributed by atoms with E-state index in [9.17, 15) is 9.65 Å². The Balaban J connectivity index is 1.70. The van der Waals surface area contributed by atoms with Gasteiger partial charge in [-0.15, -0.1) is 0 Å². The fourth-order valence-corrected chi connectivity index (χ4v) is 3.28. The van der Waals surface area contributed by atoms with Crippen LogP contribution in [-0.2, 0) is 13.0 Å². The van der Waals surface area contributed by atoms with Crippen LogP contribution in [0.25, 0.3) is 10.8 Å². The van der Waals surface area contributed by atoms with E-state index < -0.39 is 0 Å². The number of hydrogen-bond donors (Lipinski definition) is 1. The average molecular weight is 356 g/mol. The minimum atomic E-state index is -0.290. The molecule has 0 fully saturated rings. The second-order valence-corrected chi connectivity index (χ2v) is 6.42. The largest absolute Gasteiger partial charge is 0.383 e. The topological polar surface area (TPSA) is 67.6 Å². The van der Waals surface area contributed by atoms with Crippen molar-refractivity contribution in [1.82, 2.24) is 9.78 Å². The molecule has 2 N–H and O–H groups in total. The first-order valence-electron chi connectivity index (χ1n) is 8.62. The summed E-state index contributed by atoms with van der Waals surface area (Å²) in [6, 6.07) is 22.6. The zero-order valence-corrected chi connectivity index (χ0v) is 14.6. The monoisotopic (exact) mass is 356 g/mol. The molecule has 0 aliphatic carbocycles. The first kappa shape index (κ1) is 16.8. The van der Waals surface area contributed by atoms with Gasteiger partial charge in [-0.3, -0.25) is 0 Å². The molecular weight excluding hydrogens is 339 g/mol. The maximum absolute atomic E-state index is 13.1. The predicted octanol–water partition coefficient (Wildman–Crippen LogP) is 4.27. The standard InChI is InChI=1S/C22H17FN4/c23-18-10-8-15(9-11-18)14-27-22(25)20(13-24)21(26-27)12-17-6-3-5-16-4-1-2-7-19(16)17/h1-11H,12,14,25H2. The highest BCUT2D eigenvalue weighted by molar-refractivity contribution is 5.86. The lowest BCUT2D eigenvalue weighted by Gasteiger charge is -2.05. The number of nitrogen functional groups attached to an aromatic ring is 1. The third-order valence-electron chi connectivity index (χ3n) is 4.66. The molecule has 0 aliphatic rings. The van der Waals surface area contributed by atoms with Gasteiger partial charge in [0, 0.05) is 6.42 Å². The van der Waals surface area contributed by atoms with Crippen molar-refractivity contribution >= 4 is 16.6 Å². The van der Waals surface area contributed by atoms with Crippen LogP contribution in [0.4, 0.5) is 10.2 Å². The Hall–Kier alpha value is -3.65. The van der Waals surface area contributed by atoms with Gasteiger partial charge in [0.2, 0.25) is 0 Å². The van der Waals surface area contributed by atoms with Crippen molar-refractivity contribution in [2.45, 2.75) is 13.0 Å². The number of nitrogens with zero attached hydrogens (tertiary/aromatic N) is 3. The molecule has 0 aliphatic heterocycles. The van der Waals surface area contributed by atoms with Gasteiger partial charge in [-0.25, -0.2) is 9.07 Å². The van der Waals surface area contributed by atoms with Crippen LogP contribution in [0.1, 0.15) is 22.4 Å². The molecule has 5 heteroatoms. The zero-order valence-electron chi connectivity index (χ0n) is 14.6. The van der Waals surface area contributed by atoms with Gasteiger partial charge in [0.15, 0.2) is 0 Å². The minimum Gasteiger partial charge on any atom is -0.383 e. The third kappa shape index (κ3) is 3.25. The molecular formula is C22H17FN4. The van der Waals surface area contributed by atoms with Crippen molar-refractivity contribution in [3.05, 3.63) is 94.9 Å². The van der Waals surface area contributed by atoms with Crippen molar-refractivity contribution in [2.24, 2.45) is 0 Å². The summed E-state index contributed by atoms with van der Waals surface area (Å²) in [5.74, 6) is 0.0404. The van der Waals surface area contributed by atoms with Gasteiger partial charge in [-0.1, -0.05) is 54.6 Å². The molecule has 0 saturated carbocycles. The Morgan fingerprint density at radius 3 is 2.52 bits per heavy atom. The third-order valence-corrected chi connectivity index (χ3v) is 4.66. The summed E-state index contributed by atoms with van der Waals surface area (Å²) >= 11 is 0. The number of rotatable bonds is 4. The quantitative estimate of drug-likeness (QED) is 0.594. The lowest BCUT2D eigenvalue weighted by atomic mass is 10.00. The lowest BCUT2D eigenvalue weighted by molar-refractivity contribution is 0.624. The molecule has 0 amide bonds. The van der Waals surface area contributed by atoms with E-state index in [4.69, 9.17) is 5.73 Å².